The topological polar surface area (TPSA) is 91.3 Å². The van der Waals surface area contributed by atoms with Crippen LogP contribution in [0, 0.1) is 6.92 Å². The molecular weight excluding hydrogens is 291 g/mol. The van der Waals surface area contributed by atoms with Crippen LogP contribution < -0.4 is 10.2 Å². The number of nitrogens with one attached hydrogen (secondary N) is 1. The molecule has 1 unspecified atom stereocenters. The fourth-order valence-electron chi connectivity index (χ4n) is 1.72. The highest BCUT2D eigenvalue weighted by molar-refractivity contribution is 7.50. The van der Waals surface area contributed by atoms with E-state index in [4.69, 9.17) is 0 Å². The third-order valence-electron chi connectivity index (χ3n) is 2.86. The second kappa shape index (κ2) is 8.93. The van der Waals surface area contributed by atoms with Crippen molar-refractivity contribution >= 4 is 13.5 Å². The molecule has 21 heavy (non-hydrogen) atoms. The van der Waals surface area contributed by atoms with Gasteiger partial charge in [-0.3, -0.25) is 9.78 Å². The molecule has 0 aliphatic carbocycles. The lowest BCUT2D eigenvalue weighted by molar-refractivity contribution is -0.196. The van der Waals surface area contributed by atoms with E-state index in [9.17, 15) is 14.3 Å². The van der Waals surface area contributed by atoms with E-state index in [0.29, 0.717) is 18.5 Å². The highest BCUT2D eigenvalue weighted by Crippen LogP contribution is 2.30. The summed E-state index contributed by atoms with van der Waals surface area (Å²) in [5.74, 6) is -0.121. The molecule has 0 saturated carbocycles. The predicted molar refractivity (Wildman–Crippen MR) is 79.3 cm³/mol. The first-order valence-corrected chi connectivity index (χ1v) is 9.01. The maximum atomic E-state index is 11.8. The van der Waals surface area contributed by atoms with Crippen LogP contribution in [-0.4, -0.2) is 30.7 Å². The fraction of sp³-hybridized carbons (Fsp3) is 0.571. The van der Waals surface area contributed by atoms with Crippen molar-refractivity contribution in [3.8, 4) is 0 Å². The van der Waals surface area contributed by atoms with Crippen molar-refractivity contribution in [2.45, 2.75) is 32.6 Å². The van der Waals surface area contributed by atoms with Crippen LogP contribution in [0.1, 0.15) is 41.7 Å². The number of rotatable bonds is 9. The van der Waals surface area contributed by atoms with Gasteiger partial charge in [-0.05, 0) is 31.9 Å². The summed E-state index contributed by atoms with van der Waals surface area (Å²) in [6.07, 6.45) is 4.92. The van der Waals surface area contributed by atoms with Crippen LogP contribution >= 0.6 is 7.60 Å². The lowest BCUT2D eigenvalue weighted by Gasteiger charge is -2.17. The summed E-state index contributed by atoms with van der Waals surface area (Å²) in [5, 5.41) is 2.83. The Morgan fingerprint density at radius 1 is 1.33 bits per heavy atom. The van der Waals surface area contributed by atoms with E-state index < -0.39 is 7.60 Å². The Hall–Kier alpha value is -1.23. The normalized spacial score (nSPS) is 13.7. The summed E-state index contributed by atoms with van der Waals surface area (Å²) in [4.78, 5) is 26.6. The van der Waals surface area contributed by atoms with Gasteiger partial charge in [-0.15, -0.1) is 0 Å². The van der Waals surface area contributed by atoms with Crippen molar-refractivity contribution in [2.75, 3.05) is 19.8 Å². The molecule has 0 aliphatic heterocycles. The Bertz CT molecular complexity index is 484. The van der Waals surface area contributed by atoms with Crippen LogP contribution in [0.5, 0.6) is 0 Å². The molecule has 1 rings (SSSR count). The van der Waals surface area contributed by atoms with E-state index >= 15 is 0 Å². The Morgan fingerprint density at radius 3 is 2.67 bits per heavy atom. The summed E-state index contributed by atoms with van der Waals surface area (Å²) in [6, 6.07) is 3.55. The molecule has 0 aliphatic rings. The molecule has 0 fully saturated rings. The predicted octanol–water partition coefficient (Wildman–Crippen LogP) is 1.88. The van der Waals surface area contributed by atoms with Crippen molar-refractivity contribution in [2.24, 2.45) is 0 Å². The van der Waals surface area contributed by atoms with Crippen LogP contribution in [0.4, 0.5) is 0 Å². The number of amides is 1. The van der Waals surface area contributed by atoms with Crippen LogP contribution in [-0.2, 0) is 9.09 Å². The van der Waals surface area contributed by atoms with Gasteiger partial charge < -0.3 is 19.3 Å². The second-order valence-corrected chi connectivity index (χ2v) is 6.76. The maximum absolute atomic E-state index is 11.8. The molecule has 0 saturated heterocycles. The molecule has 0 bridgehead atoms. The first-order chi connectivity index (χ1) is 9.88. The lowest BCUT2D eigenvalue weighted by Crippen LogP contribution is -2.24. The number of carbonyl (C=O) groups is 1. The first-order valence-electron chi connectivity index (χ1n) is 7.02. The van der Waals surface area contributed by atoms with Gasteiger partial charge in [-0.2, -0.15) is 0 Å². The Morgan fingerprint density at radius 2 is 2.05 bits per heavy atom. The van der Waals surface area contributed by atoms with Gasteiger partial charge >= 0.3 is 0 Å². The standard InChI is InChI=1S/C14H23N2O4P/c1-12-7-8-13(11-16-12)14(17)15-9-5-3-4-6-10-20-21(2,18)19/h7-8,11H,3-6,9-10H2,1-2H3,(H,15,17)(H,18,19)/p-1. The molecule has 1 aromatic rings. The molecule has 0 radical (unpaired) electrons. The van der Waals surface area contributed by atoms with Gasteiger partial charge in [0.2, 0.25) is 0 Å². The third kappa shape index (κ3) is 8.60. The summed E-state index contributed by atoms with van der Waals surface area (Å²) in [5.41, 5.74) is 1.44. The number of carbonyl (C=O) groups excluding carboxylic acids is 1. The van der Waals surface area contributed by atoms with Gasteiger partial charge in [0.25, 0.3) is 5.91 Å². The van der Waals surface area contributed by atoms with E-state index in [0.717, 1.165) is 31.6 Å². The molecule has 1 atom stereocenters. The van der Waals surface area contributed by atoms with E-state index in [2.05, 4.69) is 14.8 Å². The molecule has 1 aromatic heterocycles. The summed E-state index contributed by atoms with van der Waals surface area (Å²) >= 11 is 0. The highest BCUT2D eigenvalue weighted by atomic mass is 31.2. The number of pyridine rings is 1. The highest BCUT2D eigenvalue weighted by Gasteiger charge is 2.04. The molecule has 1 amide bonds. The van der Waals surface area contributed by atoms with Crippen LogP contribution in [0.3, 0.4) is 0 Å². The van der Waals surface area contributed by atoms with Gasteiger partial charge in [0.1, 0.15) is 7.60 Å². The van der Waals surface area contributed by atoms with Crippen LogP contribution in [0.25, 0.3) is 0 Å². The molecule has 0 spiro atoms. The largest absolute Gasteiger partial charge is 0.779 e. The quantitative estimate of drug-likeness (QED) is 0.555. The second-order valence-electron chi connectivity index (χ2n) is 4.96. The van der Waals surface area contributed by atoms with Crippen molar-refractivity contribution < 1.29 is 18.8 Å². The van der Waals surface area contributed by atoms with Gasteiger partial charge in [0.05, 0.1) is 12.2 Å². The van der Waals surface area contributed by atoms with E-state index in [1.807, 2.05) is 6.92 Å². The number of hydrogen-bond acceptors (Lipinski definition) is 5. The molecule has 1 N–H and O–H groups in total. The van der Waals surface area contributed by atoms with Crippen molar-refractivity contribution in [1.29, 1.82) is 0 Å². The first kappa shape index (κ1) is 17.8. The van der Waals surface area contributed by atoms with Crippen LogP contribution in [0.2, 0.25) is 0 Å². The fourth-order valence-corrected chi connectivity index (χ4v) is 2.18. The minimum atomic E-state index is -3.59. The minimum absolute atomic E-state index is 0.121. The van der Waals surface area contributed by atoms with Gasteiger partial charge in [-0.1, -0.05) is 12.8 Å². The Balaban J connectivity index is 2.05. The van der Waals surface area contributed by atoms with Crippen molar-refractivity contribution in [3.63, 3.8) is 0 Å². The third-order valence-corrected chi connectivity index (χ3v) is 3.51. The zero-order chi connectivity index (χ0) is 15.7. The molecule has 118 valence electrons. The van der Waals surface area contributed by atoms with Gasteiger partial charge in [-0.25, -0.2) is 0 Å². The molecule has 1 heterocycles. The molecule has 6 nitrogen and oxygen atoms in total. The lowest BCUT2D eigenvalue weighted by atomic mass is 10.2. The Labute approximate surface area is 125 Å². The SMILES string of the molecule is Cc1ccc(C(=O)NCCCCCCOP(C)(=O)[O-])cn1. The number of aromatic nitrogens is 1. The molecule has 7 heteroatoms. The molecular formula is C14H22N2O4P-. The monoisotopic (exact) mass is 313 g/mol. The van der Waals surface area contributed by atoms with E-state index in [-0.39, 0.29) is 12.5 Å². The zero-order valence-electron chi connectivity index (χ0n) is 12.5. The Kier molecular flexibility index (Phi) is 7.57. The number of aryl methyl sites for hydroxylation is 1. The van der Waals surface area contributed by atoms with Crippen molar-refractivity contribution in [1.82, 2.24) is 10.3 Å². The van der Waals surface area contributed by atoms with Gasteiger partial charge in [0.15, 0.2) is 0 Å². The average Bonchev–Trinajstić information content (AvgIpc) is 2.41. The number of nitrogens with zero attached hydrogens (tertiary/aromatic N) is 1. The maximum Gasteiger partial charge on any atom is 0.252 e. The number of unbranched alkanes of at least 4 members (excludes halogenated alkanes) is 3. The van der Waals surface area contributed by atoms with Crippen molar-refractivity contribution in [3.05, 3.63) is 29.6 Å². The van der Waals surface area contributed by atoms with E-state index in [1.54, 1.807) is 18.3 Å². The summed E-state index contributed by atoms with van der Waals surface area (Å²) in [6.45, 7) is 3.78. The average molecular weight is 313 g/mol. The molecule has 0 aromatic carbocycles. The zero-order valence-corrected chi connectivity index (χ0v) is 13.4. The minimum Gasteiger partial charge on any atom is -0.779 e. The summed E-state index contributed by atoms with van der Waals surface area (Å²) in [7, 11) is -3.59. The van der Waals surface area contributed by atoms with E-state index in [1.165, 1.54) is 0 Å². The number of hydrogen-bond donors (Lipinski definition) is 1. The smallest absolute Gasteiger partial charge is 0.252 e. The van der Waals surface area contributed by atoms with Crippen LogP contribution in [0.15, 0.2) is 18.3 Å². The van der Waals surface area contributed by atoms with Gasteiger partial charge in [0, 0.05) is 25.1 Å². The summed E-state index contributed by atoms with van der Waals surface area (Å²) < 4.78 is 15.4.